The van der Waals surface area contributed by atoms with Crippen LogP contribution in [0.3, 0.4) is 0 Å². The first-order valence-corrected chi connectivity index (χ1v) is 5.37. The van der Waals surface area contributed by atoms with Crippen LogP contribution in [-0.4, -0.2) is 35.5 Å². The maximum absolute atomic E-state index is 11.8. The number of nitrogens with zero attached hydrogens (tertiary/aromatic N) is 1. The Morgan fingerprint density at radius 1 is 1.60 bits per heavy atom. The third-order valence-corrected chi connectivity index (χ3v) is 2.96. The minimum atomic E-state index is -0.341. The Morgan fingerprint density at radius 3 is 2.67 bits per heavy atom. The summed E-state index contributed by atoms with van der Waals surface area (Å²) in [5, 5.41) is 0. The van der Waals surface area contributed by atoms with E-state index in [0.717, 1.165) is 19.4 Å². The lowest BCUT2D eigenvalue weighted by Gasteiger charge is -2.37. The highest BCUT2D eigenvalue weighted by Crippen LogP contribution is 2.16. The number of halogens is 1. The van der Waals surface area contributed by atoms with Crippen molar-refractivity contribution in [1.29, 1.82) is 0 Å². The molecule has 0 bridgehead atoms. The van der Waals surface area contributed by atoms with Crippen LogP contribution in [-0.2, 0) is 4.79 Å². The van der Waals surface area contributed by atoms with Crippen molar-refractivity contribution in [3.63, 3.8) is 0 Å². The Bertz CT molecular complexity index is 213. The lowest BCUT2D eigenvalue weighted by Crippen LogP contribution is -2.53. The molecule has 0 aromatic carbocycles. The van der Waals surface area contributed by atoms with Crippen LogP contribution >= 0.6 is 12.4 Å². The average molecular weight is 236 g/mol. The lowest BCUT2D eigenvalue weighted by molar-refractivity contribution is -0.136. The Hall–Kier alpha value is -0.320. The van der Waals surface area contributed by atoms with Crippen molar-refractivity contribution in [3.05, 3.63) is 0 Å². The van der Waals surface area contributed by atoms with E-state index in [1.54, 1.807) is 0 Å². The minimum Gasteiger partial charge on any atom is -0.339 e. The maximum atomic E-state index is 11.8. The summed E-state index contributed by atoms with van der Waals surface area (Å²) in [7, 11) is 0. The van der Waals surface area contributed by atoms with Gasteiger partial charge in [-0.15, -0.1) is 12.4 Å². The van der Waals surface area contributed by atoms with Gasteiger partial charge < -0.3 is 16.4 Å². The minimum absolute atomic E-state index is 0. The summed E-state index contributed by atoms with van der Waals surface area (Å²) in [5.41, 5.74) is 11.5. The van der Waals surface area contributed by atoms with Crippen molar-refractivity contribution in [2.45, 2.75) is 51.2 Å². The van der Waals surface area contributed by atoms with Gasteiger partial charge in [0.25, 0.3) is 0 Å². The molecule has 0 aromatic rings. The lowest BCUT2D eigenvalue weighted by atomic mass is 9.98. The van der Waals surface area contributed by atoms with Crippen LogP contribution < -0.4 is 11.5 Å². The van der Waals surface area contributed by atoms with Crippen LogP contribution in [0.15, 0.2) is 0 Å². The smallest absolute Gasteiger partial charge is 0.239 e. The van der Waals surface area contributed by atoms with Crippen molar-refractivity contribution < 1.29 is 4.79 Å². The third kappa shape index (κ3) is 3.63. The fraction of sp³-hybridized carbons (Fsp3) is 0.900. The van der Waals surface area contributed by atoms with Crippen LogP contribution in [0.2, 0.25) is 0 Å². The standard InChI is InChI=1S/C10H21N3O.ClH/c1-3-9(12)10(14)13-5-4-8(11)6-7(13)2;/h7-9H,3-6,11-12H2,1-2H3;1H/t7?,8?,9-;/m0./s1. The molecular weight excluding hydrogens is 214 g/mol. The van der Waals surface area contributed by atoms with Crippen molar-refractivity contribution in [1.82, 2.24) is 4.90 Å². The molecule has 1 aliphatic rings. The summed E-state index contributed by atoms with van der Waals surface area (Å²) >= 11 is 0. The summed E-state index contributed by atoms with van der Waals surface area (Å²) < 4.78 is 0. The Labute approximate surface area is 97.8 Å². The highest BCUT2D eigenvalue weighted by atomic mass is 35.5. The number of hydrogen-bond donors (Lipinski definition) is 2. The predicted octanol–water partition coefficient (Wildman–Crippen LogP) is 0.484. The van der Waals surface area contributed by atoms with E-state index in [4.69, 9.17) is 11.5 Å². The van der Waals surface area contributed by atoms with Gasteiger partial charge >= 0.3 is 0 Å². The summed E-state index contributed by atoms with van der Waals surface area (Å²) in [4.78, 5) is 13.7. The second kappa shape index (κ2) is 6.30. The van der Waals surface area contributed by atoms with Crippen LogP contribution in [0, 0.1) is 0 Å². The Kier molecular flexibility index (Phi) is 6.17. The SMILES string of the molecule is CC[C@H](N)C(=O)N1CCC(N)CC1C.Cl. The molecule has 0 aliphatic carbocycles. The number of carbonyl (C=O) groups excluding carboxylic acids is 1. The van der Waals surface area contributed by atoms with Gasteiger partial charge in [0.2, 0.25) is 5.91 Å². The zero-order valence-electron chi connectivity index (χ0n) is 9.48. The van der Waals surface area contributed by atoms with Crippen molar-refractivity contribution in [3.8, 4) is 0 Å². The quantitative estimate of drug-likeness (QED) is 0.732. The van der Waals surface area contributed by atoms with Gasteiger partial charge in [-0.1, -0.05) is 6.92 Å². The number of carbonyl (C=O) groups is 1. The first-order chi connectivity index (χ1) is 6.56. The molecule has 1 aliphatic heterocycles. The molecule has 1 rings (SSSR count). The third-order valence-electron chi connectivity index (χ3n) is 2.96. The summed E-state index contributed by atoms with van der Waals surface area (Å²) in [6.07, 6.45) is 2.49. The van der Waals surface area contributed by atoms with Gasteiger partial charge in [0, 0.05) is 18.6 Å². The molecule has 4 N–H and O–H groups in total. The van der Waals surface area contributed by atoms with Gasteiger partial charge in [0.05, 0.1) is 6.04 Å². The molecular formula is C10H22ClN3O. The van der Waals surface area contributed by atoms with Crippen LogP contribution in [0.4, 0.5) is 0 Å². The fourth-order valence-electron chi connectivity index (χ4n) is 1.92. The van der Waals surface area contributed by atoms with E-state index in [-0.39, 0.29) is 36.4 Å². The number of likely N-dealkylation sites (tertiary alicyclic amines) is 1. The fourth-order valence-corrected chi connectivity index (χ4v) is 1.92. The second-order valence-corrected chi connectivity index (χ2v) is 4.18. The first-order valence-electron chi connectivity index (χ1n) is 5.37. The average Bonchev–Trinajstić information content (AvgIpc) is 2.15. The van der Waals surface area contributed by atoms with E-state index in [9.17, 15) is 4.79 Å². The number of nitrogens with two attached hydrogens (primary N) is 2. The monoisotopic (exact) mass is 235 g/mol. The molecule has 0 saturated carbocycles. The van der Waals surface area contributed by atoms with Gasteiger partial charge in [-0.05, 0) is 26.2 Å². The molecule has 4 nitrogen and oxygen atoms in total. The topological polar surface area (TPSA) is 72.4 Å². The van der Waals surface area contributed by atoms with Crippen molar-refractivity contribution in [2.24, 2.45) is 11.5 Å². The molecule has 1 heterocycles. The largest absolute Gasteiger partial charge is 0.339 e. The van der Waals surface area contributed by atoms with Gasteiger partial charge in [0.1, 0.15) is 0 Å². The number of amides is 1. The number of piperidine rings is 1. The molecule has 3 atom stereocenters. The van der Waals surface area contributed by atoms with Gasteiger partial charge in [-0.25, -0.2) is 0 Å². The van der Waals surface area contributed by atoms with E-state index >= 15 is 0 Å². The van der Waals surface area contributed by atoms with Crippen LogP contribution in [0.5, 0.6) is 0 Å². The molecule has 0 spiro atoms. The van der Waals surface area contributed by atoms with Gasteiger partial charge in [-0.3, -0.25) is 4.79 Å². The molecule has 2 unspecified atom stereocenters. The maximum Gasteiger partial charge on any atom is 0.239 e. The first kappa shape index (κ1) is 14.7. The normalized spacial score (nSPS) is 28.1. The summed E-state index contributed by atoms with van der Waals surface area (Å²) in [6, 6.07) is 0.141. The van der Waals surface area contributed by atoms with E-state index in [2.05, 4.69) is 0 Å². The Morgan fingerprint density at radius 2 is 2.20 bits per heavy atom. The summed E-state index contributed by atoms with van der Waals surface area (Å²) in [5.74, 6) is 0.0758. The summed E-state index contributed by atoms with van der Waals surface area (Å²) in [6.45, 7) is 4.73. The molecule has 90 valence electrons. The zero-order valence-corrected chi connectivity index (χ0v) is 10.3. The molecule has 1 amide bonds. The molecule has 15 heavy (non-hydrogen) atoms. The van der Waals surface area contributed by atoms with Crippen LogP contribution in [0.25, 0.3) is 0 Å². The van der Waals surface area contributed by atoms with Crippen LogP contribution in [0.1, 0.15) is 33.1 Å². The molecule has 1 fully saturated rings. The predicted molar refractivity (Wildman–Crippen MR) is 63.9 cm³/mol. The second-order valence-electron chi connectivity index (χ2n) is 4.18. The molecule has 5 heteroatoms. The number of rotatable bonds is 2. The van der Waals surface area contributed by atoms with E-state index in [1.165, 1.54) is 0 Å². The van der Waals surface area contributed by atoms with E-state index in [1.807, 2.05) is 18.7 Å². The number of hydrogen-bond acceptors (Lipinski definition) is 3. The molecule has 0 radical (unpaired) electrons. The Balaban J connectivity index is 0.00000196. The highest BCUT2D eigenvalue weighted by Gasteiger charge is 2.29. The van der Waals surface area contributed by atoms with Crippen molar-refractivity contribution in [2.75, 3.05) is 6.54 Å². The highest BCUT2D eigenvalue weighted by molar-refractivity contribution is 5.85. The van der Waals surface area contributed by atoms with Crippen molar-refractivity contribution >= 4 is 18.3 Å². The van der Waals surface area contributed by atoms with Gasteiger partial charge in [0.15, 0.2) is 0 Å². The van der Waals surface area contributed by atoms with E-state index < -0.39 is 0 Å². The zero-order chi connectivity index (χ0) is 10.7. The molecule has 1 saturated heterocycles. The van der Waals surface area contributed by atoms with E-state index in [0.29, 0.717) is 6.42 Å². The van der Waals surface area contributed by atoms with Gasteiger partial charge in [-0.2, -0.15) is 0 Å². The molecule has 0 aromatic heterocycles.